The molecule has 0 N–H and O–H groups in total. The topological polar surface area (TPSA) is 69.7 Å². The first-order chi connectivity index (χ1) is 12.5. The number of esters is 3. The third-order valence-corrected chi connectivity index (χ3v) is 3.81. The monoisotopic (exact) mass is 354 g/mol. The highest BCUT2D eigenvalue weighted by Gasteiger charge is 2.26. The maximum absolute atomic E-state index is 12.2. The smallest absolute Gasteiger partial charge is 0.355 e. The van der Waals surface area contributed by atoms with Gasteiger partial charge in [0.15, 0.2) is 6.10 Å². The molecule has 0 aromatic heterocycles. The fourth-order valence-corrected chi connectivity index (χ4v) is 2.38. The SMILES string of the molecule is CCCc1ccc(C(=O)OC(CC)C(=O)OC(=O)c2ccccc2)cc1. The quantitative estimate of drug-likeness (QED) is 0.556. The molecule has 0 fully saturated rings. The van der Waals surface area contributed by atoms with E-state index in [9.17, 15) is 14.4 Å². The van der Waals surface area contributed by atoms with Crippen molar-refractivity contribution in [3.8, 4) is 0 Å². The van der Waals surface area contributed by atoms with Crippen molar-refractivity contribution in [3.05, 3.63) is 71.3 Å². The van der Waals surface area contributed by atoms with E-state index in [4.69, 9.17) is 9.47 Å². The van der Waals surface area contributed by atoms with Crippen LogP contribution in [0.4, 0.5) is 0 Å². The predicted octanol–water partition coefficient (Wildman–Crippen LogP) is 3.96. The zero-order chi connectivity index (χ0) is 18.9. The molecule has 2 rings (SSSR count). The van der Waals surface area contributed by atoms with E-state index in [2.05, 4.69) is 6.92 Å². The molecular formula is C21H22O5. The molecule has 0 aliphatic carbocycles. The molecule has 0 spiro atoms. The van der Waals surface area contributed by atoms with Gasteiger partial charge in [-0.3, -0.25) is 0 Å². The molecule has 5 nitrogen and oxygen atoms in total. The van der Waals surface area contributed by atoms with Crippen molar-refractivity contribution in [2.24, 2.45) is 0 Å². The predicted molar refractivity (Wildman–Crippen MR) is 96.8 cm³/mol. The molecule has 0 saturated heterocycles. The first kappa shape index (κ1) is 19.4. The van der Waals surface area contributed by atoms with Gasteiger partial charge < -0.3 is 9.47 Å². The normalized spacial score (nSPS) is 11.5. The molecule has 0 bridgehead atoms. The molecule has 0 amide bonds. The molecule has 0 heterocycles. The van der Waals surface area contributed by atoms with Crippen molar-refractivity contribution in [1.29, 1.82) is 0 Å². The van der Waals surface area contributed by atoms with E-state index in [0.717, 1.165) is 18.4 Å². The molecule has 0 radical (unpaired) electrons. The van der Waals surface area contributed by atoms with E-state index < -0.39 is 24.0 Å². The van der Waals surface area contributed by atoms with Gasteiger partial charge in [-0.2, -0.15) is 0 Å². The summed E-state index contributed by atoms with van der Waals surface area (Å²) in [7, 11) is 0. The summed E-state index contributed by atoms with van der Waals surface area (Å²) in [5, 5.41) is 0. The summed E-state index contributed by atoms with van der Waals surface area (Å²) in [6.45, 7) is 3.76. The Morgan fingerprint density at radius 2 is 1.46 bits per heavy atom. The minimum absolute atomic E-state index is 0.209. The number of hydrogen-bond acceptors (Lipinski definition) is 5. The standard InChI is InChI=1S/C21H22O5/c1-3-8-15-11-13-17(14-12-15)19(22)25-18(4-2)21(24)26-20(23)16-9-6-5-7-10-16/h5-7,9-14,18H,3-4,8H2,1-2H3. The minimum Gasteiger partial charge on any atom is -0.447 e. The number of carbonyl (C=O) groups is 3. The average Bonchev–Trinajstić information content (AvgIpc) is 2.67. The van der Waals surface area contributed by atoms with Gasteiger partial charge in [0.2, 0.25) is 0 Å². The average molecular weight is 354 g/mol. The first-order valence-electron chi connectivity index (χ1n) is 8.66. The number of hydrogen-bond donors (Lipinski definition) is 0. The Bertz CT molecular complexity index is 750. The molecule has 0 aliphatic heterocycles. The van der Waals surface area contributed by atoms with Crippen LogP contribution in [0.5, 0.6) is 0 Å². The zero-order valence-electron chi connectivity index (χ0n) is 14.9. The van der Waals surface area contributed by atoms with Crippen LogP contribution in [-0.2, 0) is 20.7 Å². The van der Waals surface area contributed by atoms with E-state index in [1.165, 1.54) is 0 Å². The minimum atomic E-state index is -1.13. The van der Waals surface area contributed by atoms with Crippen LogP contribution in [0.3, 0.4) is 0 Å². The first-order valence-corrected chi connectivity index (χ1v) is 8.66. The van der Waals surface area contributed by atoms with E-state index in [-0.39, 0.29) is 12.0 Å². The molecule has 1 atom stereocenters. The van der Waals surface area contributed by atoms with Crippen LogP contribution in [0, 0.1) is 0 Å². The zero-order valence-corrected chi connectivity index (χ0v) is 14.9. The van der Waals surface area contributed by atoms with Crippen LogP contribution >= 0.6 is 0 Å². The Kier molecular flexibility index (Phi) is 7.09. The molecule has 26 heavy (non-hydrogen) atoms. The fraction of sp³-hybridized carbons (Fsp3) is 0.286. The Morgan fingerprint density at radius 3 is 2.04 bits per heavy atom. The van der Waals surface area contributed by atoms with Gasteiger partial charge in [-0.25, -0.2) is 14.4 Å². The summed E-state index contributed by atoms with van der Waals surface area (Å²) in [5.41, 5.74) is 1.74. The third kappa shape index (κ3) is 5.28. The summed E-state index contributed by atoms with van der Waals surface area (Å²) in [6, 6.07) is 15.2. The Labute approximate surface area is 152 Å². The summed E-state index contributed by atoms with van der Waals surface area (Å²) in [5.74, 6) is -2.27. The van der Waals surface area contributed by atoms with Crippen molar-refractivity contribution in [2.75, 3.05) is 0 Å². The second kappa shape index (κ2) is 9.51. The summed E-state index contributed by atoms with van der Waals surface area (Å²) in [4.78, 5) is 36.3. The second-order valence-corrected chi connectivity index (χ2v) is 5.82. The maximum Gasteiger partial charge on any atom is 0.355 e. The molecule has 1 unspecified atom stereocenters. The largest absolute Gasteiger partial charge is 0.447 e. The molecular weight excluding hydrogens is 332 g/mol. The maximum atomic E-state index is 12.2. The second-order valence-electron chi connectivity index (χ2n) is 5.82. The number of ether oxygens (including phenoxy) is 2. The number of benzene rings is 2. The lowest BCUT2D eigenvalue weighted by molar-refractivity contribution is -0.148. The Morgan fingerprint density at radius 1 is 0.846 bits per heavy atom. The lowest BCUT2D eigenvalue weighted by Gasteiger charge is -2.14. The number of aryl methyl sites for hydroxylation is 1. The van der Waals surface area contributed by atoms with Crippen LogP contribution < -0.4 is 0 Å². The van der Waals surface area contributed by atoms with Crippen LogP contribution in [0.15, 0.2) is 54.6 Å². The van der Waals surface area contributed by atoms with Gasteiger partial charge >= 0.3 is 17.9 Å². The van der Waals surface area contributed by atoms with Gasteiger partial charge in [-0.1, -0.05) is 50.6 Å². The van der Waals surface area contributed by atoms with Crippen LogP contribution in [0.2, 0.25) is 0 Å². The molecule has 136 valence electrons. The Hall–Kier alpha value is -2.95. The van der Waals surface area contributed by atoms with Gasteiger partial charge in [0.05, 0.1) is 11.1 Å². The molecule has 2 aromatic carbocycles. The highest BCUT2D eigenvalue weighted by molar-refractivity contribution is 5.99. The van der Waals surface area contributed by atoms with E-state index in [1.54, 1.807) is 49.4 Å². The van der Waals surface area contributed by atoms with Crippen molar-refractivity contribution in [2.45, 2.75) is 39.2 Å². The molecule has 5 heteroatoms. The van der Waals surface area contributed by atoms with Gasteiger partial charge in [0.25, 0.3) is 0 Å². The van der Waals surface area contributed by atoms with Crippen molar-refractivity contribution < 1.29 is 23.9 Å². The summed E-state index contributed by atoms with van der Waals surface area (Å²) in [6.07, 6.45) is 1.02. The van der Waals surface area contributed by atoms with Gasteiger partial charge in [-0.15, -0.1) is 0 Å². The number of carbonyl (C=O) groups excluding carboxylic acids is 3. The van der Waals surface area contributed by atoms with E-state index in [1.807, 2.05) is 12.1 Å². The van der Waals surface area contributed by atoms with Gasteiger partial charge in [0.1, 0.15) is 0 Å². The third-order valence-electron chi connectivity index (χ3n) is 3.81. The van der Waals surface area contributed by atoms with Crippen molar-refractivity contribution in [3.63, 3.8) is 0 Å². The van der Waals surface area contributed by atoms with Crippen LogP contribution in [0.1, 0.15) is 53.0 Å². The van der Waals surface area contributed by atoms with Crippen LogP contribution in [0.25, 0.3) is 0 Å². The van der Waals surface area contributed by atoms with Crippen molar-refractivity contribution >= 4 is 17.9 Å². The van der Waals surface area contributed by atoms with Crippen LogP contribution in [-0.4, -0.2) is 24.0 Å². The Balaban J connectivity index is 1.97. The summed E-state index contributed by atoms with van der Waals surface area (Å²) < 4.78 is 10.0. The molecule has 2 aromatic rings. The highest BCUT2D eigenvalue weighted by atomic mass is 16.6. The van der Waals surface area contributed by atoms with E-state index >= 15 is 0 Å². The fourth-order valence-electron chi connectivity index (χ4n) is 2.38. The van der Waals surface area contributed by atoms with E-state index in [0.29, 0.717) is 5.56 Å². The highest BCUT2D eigenvalue weighted by Crippen LogP contribution is 2.12. The summed E-state index contributed by atoms with van der Waals surface area (Å²) >= 11 is 0. The molecule has 0 aliphatic rings. The van der Waals surface area contributed by atoms with Crippen molar-refractivity contribution in [1.82, 2.24) is 0 Å². The molecule has 0 saturated carbocycles. The number of rotatable bonds is 7. The lowest BCUT2D eigenvalue weighted by Crippen LogP contribution is -2.30. The lowest BCUT2D eigenvalue weighted by atomic mass is 10.1. The van der Waals surface area contributed by atoms with Gasteiger partial charge in [0, 0.05) is 0 Å². The van der Waals surface area contributed by atoms with Gasteiger partial charge in [-0.05, 0) is 42.7 Å².